The Balaban J connectivity index is 2.01. The maximum absolute atomic E-state index is 12.0. The fourth-order valence-electron chi connectivity index (χ4n) is 2.10. The van der Waals surface area contributed by atoms with E-state index in [9.17, 15) is 13.2 Å². The topological polar surface area (TPSA) is 44.5 Å². The number of hydrogen-bond acceptors (Lipinski definition) is 3. The van der Waals surface area contributed by atoms with Gasteiger partial charge in [-0.1, -0.05) is 18.2 Å². The van der Waals surface area contributed by atoms with Crippen LogP contribution in [0.3, 0.4) is 0 Å². The van der Waals surface area contributed by atoms with Crippen LogP contribution in [0.4, 0.5) is 13.2 Å². The van der Waals surface area contributed by atoms with Gasteiger partial charge in [-0.15, -0.1) is 0 Å². The Morgan fingerprint density at radius 3 is 2.89 bits per heavy atom. The number of benzene rings is 1. The summed E-state index contributed by atoms with van der Waals surface area (Å²) in [5.41, 5.74) is 7.63. The van der Waals surface area contributed by atoms with Gasteiger partial charge in [-0.05, 0) is 18.4 Å². The third-order valence-corrected chi connectivity index (χ3v) is 2.93. The summed E-state index contributed by atoms with van der Waals surface area (Å²) in [7, 11) is 0. The lowest BCUT2D eigenvalue weighted by molar-refractivity contribution is -0.174. The highest BCUT2D eigenvalue weighted by molar-refractivity contribution is 5.44. The van der Waals surface area contributed by atoms with E-state index in [-0.39, 0.29) is 6.61 Å². The van der Waals surface area contributed by atoms with Crippen molar-refractivity contribution in [1.29, 1.82) is 0 Å². The maximum atomic E-state index is 12.0. The number of fused-ring (bicyclic) bond motifs is 1. The fourth-order valence-corrected chi connectivity index (χ4v) is 2.10. The maximum Gasteiger partial charge on any atom is 0.411 e. The molecule has 0 spiro atoms. The SMILES string of the molecule is NC(COCC(F)(F)F)c1cccc2c1OCCC2. The second-order valence-corrected chi connectivity index (χ2v) is 4.52. The zero-order chi connectivity index (χ0) is 13.9. The first kappa shape index (κ1) is 14.1. The van der Waals surface area contributed by atoms with Crippen LogP contribution in [0.25, 0.3) is 0 Å². The smallest absolute Gasteiger partial charge is 0.411 e. The van der Waals surface area contributed by atoms with Gasteiger partial charge < -0.3 is 15.2 Å². The summed E-state index contributed by atoms with van der Waals surface area (Å²) in [6.07, 6.45) is -2.48. The molecular weight excluding hydrogens is 259 g/mol. The minimum absolute atomic E-state index is 0.181. The van der Waals surface area contributed by atoms with Gasteiger partial charge in [0.1, 0.15) is 12.4 Å². The van der Waals surface area contributed by atoms with Crippen molar-refractivity contribution in [3.63, 3.8) is 0 Å². The number of para-hydroxylation sites is 1. The number of ether oxygens (including phenoxy) is 2. The van der Waals surface area contributed by atoms with Crippen LogP contribution in [0.15, 0.2) is 18.2 Å². The average Bonchev–Trinajstić information content (AvgIpc) is 2.36. The average molecular weight is 275 g/mol. The number of aryl methyl sites for hydroxylation is 1. The van der Waals surface area contributed by atoms with Gasteiger partial charge in [-0.2, -0.15) is 13.2 Å². The molecule has 1 atom stereocenters. The van der Waals surface area contributed by atoms with E-state index in [1.165, 1.54) is 0 Å². The minimum atomic E-state index is -4.33. The van der Waals surface area contributed by atoms with Crippen LogP contribution in [0.5, 0.6) is 5.75 Å². The molecule has 2 N–H and O–H groups in total. The van der Waals surface area contributed by atoms with E-state index in [1.54, 1.807) is 6.07 Å². The second kappa shape index (κ2) is 5.79. The van der Waals surface area contributed by atoms with Gasteiger partial charge in [0, 0.05) is 5.56 Å². The molecule has 0 saturated heterocycles. The van der Waals surface area contributed by atoms with Crippen LogP contribution in [-0.2, 0) is 11.2 Å². The predicted molar refractivity (Wildman–Crippen MR) is 64.1 cm³/mol. The molecule has 19 heavy (non-hydrogen) atoms. The first-order valence-corrected chi connectivity index (χ1v) is 6.12. The molecular formula is C13H16F3NO2. The normalized spacial score (nSPS) is 16.6. The van der Waals surface area contributed by atoms with Gasteiger partial charge in [-0.3, -0.25) is 0 Å². The number of alkyl halides is 3. The summed E-state index contributed by atoms with van der Waals surface area (Å²) >= 11 is 0. The molecule has 0 radical (unpaired) electrons. The van der Waals surface area contributed by atoms with Crippen LogP contribution >= 0.6 is 0 Å². The zero-order valence-corrected chi connectivity index (χ0v) is 10.4. The van der Waals surface area contributed by atoms with Crippen molar-refractivity contribution in [3.8, 4) is 5.75 Å². The van der Waals surface area contributed by atoms with Crippen molar-refractivity contribution in [2.24, 2.45) is 5.73 Å². The third kappa shape index (κ3) is 3.84. The number of hydrogen-bond donors (Lipinski definition) is 1. The highest BCUT2D eigenvalue weighted by Gasteiger charge is 2.28. The lowest BCUT2D eigenvalue weighted by Gasteiger charge is -2.23. The molecule has 0 amide bonds. The summed E-state index contributed by atoms with van der Waals surface area (Å²) in [6.45, 7) is -0.851. The van der Waals surface area contributed by atoms with E-state index in [2.05, 4.69) is 4.74 Å². The van der Waals surface area contributed by atoms with Gasteiger partial charge in [0.15, 0.2) is 0 Å². The lowest BCUT2D eigenvalue weighted by atomic mass is 9.99. The molecule has 0 fully saturated rings. The zero-order valence-electron chi connectivity index (χ0n) is 10.4. The van der Waals surface area contributed by atoms with E-state index in [0.29, 0.717) is 17.9 Å². The van der Waals surface area contributed by atoms with Crippen molar-refractivity contribution in [2.45, 2.75) is 25.1 Å². The molecule has 0 aromatic heterocycles. The summed E-state index contributed by atoms with van der Waals surface area (Å²) in [5.74, 6) is 0.705. The van der Waals surface area contributed by atoms with E-state index < -0.39 is 18.8 Å². The van der Waals surface area contributed by atoms with Gasteiger partial charge in [-0.25, -0.2) is 0 Å². The van der Waals surface area contributed by atoms with Crippen LogP contribution in [-0.4, -0.2) is 26.0 Å². The largest absolute Gasteiger partial charge is 0.493 e. The van der Waals surface area contributed by atoms with Crippen molar-refractivity contribution in [3.05, 3.63) is 29.3 Å². The van der Waals surface area contributed by atoms with Gasteiger partial charge in [0.2, 0.25) is 0 Å². The first-order valence-electron chi connectivity index (χ1n) is 6.12. The van der Waals surface area contributed by atoms with E-state index in [1.807, 2.05) is 12.1 Å². The van der Waals surface area contributed by atoms with Crippen molar-refractivity contribution < 1.29 is 22.6 Å². The molecule has 1 aromatic carbocycles. The monoisotopic (exact) mass is 275 g/mol. The number of nitrogens with two attached hydrogens (primary N) is 1. The molecule has 0 aliphatic carbocycles. The van der Waals surface area contributed by atoms with Crippen molar-refractivity contribution >= 4 is 0 Å². The second-order valence-electron chi connectivity index (χ2n) is 4.52. The van der Waals surface area contributed by atoms with Crippen molar-refractivity contribution in [2.75, 3.05) is 19.8 Å². The standard InChI is InChI=1S/C13H16F3NO2/c14-13(15,16)8-18-7-11(17)10-5-1-3-9-4-2-6-19-12(9)10/h1,3,5,11H,2,4,6-8,17H2. The van der Waals surface area contributed by atoms with E-state index in [4.69, 9.17) is 10.5 Å². The molecule has 1 aliphatic heterocycles. The Labute approximate surface area is 109 Å². The fraction of sp³-hybridized carbons (Fsp3) is 0.538. The quantitative estimate of drug-likeness (QED) is 0.918. The lowest BCUT2D eigenvalue weighted by Crippen LogP contribution is -2.24. The number of halogens is 3. The summed E-state index contributed by atoms with van der Waals surface area (Å²) in [4.78, 5) is 0. The van der Waals surface area contributed by atoms with Crippen LogP contribution < -0.4 is 10.5 Å². The first-order chi connectivity index (χ1) is 8.97. The number of rotatable bonds is 4. The molecule has 0 bridgehead atoms. The van der Waals surface area contributed by atoms with Gasteiger partial charge in [0.05, 0.1) is 19.3 Å². The van der Waals surface area contributed by atoms with Crippen molar-refractivity contribution in [1.82, 2.24) is 0 Å². The van der Waals surface area contributed by atoms with E-state index in [0.717, 1.165) is 18.4 Å². The molecule has 6 heteroatoms. The Kier molecular flexibility index (Phi) is 4.31. The molecule has 1 aliphatic rings. The van der Waals surface area contributed by atoms with Crippen LogP contribution in [0.2, 0.25) is 0 Å². The predicted octanol–water partition coefficient (Wildman–Crippen LogP) is 2.59. The molecule has 106 valence electrons. The minimum Gasteiger partial charge on any atom is -0.493 e. The molecule has 3 nitrogen and oxygen atoms in total. The highest BCUT2D eigenvalue weighted by atomic mass is 19.4. The molecule has 1 aromatic rings. The Bertz CT molecular complexity index is 434. The summed E-state index contributed by atoms with van der Waals surface area (Å²) in [6, 6.07) is 4.94. The molecule has 2 rings (SSSR count). The highest BCUT2D eigenvalue weighted by Crippen LogP contribution is 2.32. The van der Waals surface area contributed by atoms with Crippen LogP contribution in [0.1, 0.15) is 23.6 Å². The van der Waals surface area contributed by atoms with Gasteiger partial charge >= 0.3 is 6.18 Å². The summed E-state index contributed by atoms with van der Waals surface area (Å²) < 4.78 is 46.1. The van der Waals surface area contributed by atoms with E-state index >= 15 is 0 Å². The molecule has 0 saturated carbocycles. The Hall–Kier alpha value is -1.27. The summed E-state index contributed by atoms with van der Waals surface area (Å²) in [5, 5.41) is 0. The Morgan fingerprint density at radius 2 is 2.16 bits per heavy atom. The molecule has 1 unspecified atom stereocenters. The Morgan fingerprint density at radius 1 is 1.37 bits per heavy atom. The van der Waals surface area contributed by atoms with Gasteiger partial charge in [0.25, 0.3) is 0 Å². The third-order valence-electron chi connectivity index (χ3n) is 2.93. The molecule has 1 heterocycles. The van der Waals surface area contributed by atoms with Crippen LogP contribution in [0, 0.1) is 0 Å².